The van der Waals surface area contributed by atoms with Gasteiger partial charge in [-0.2, -0.15) is 0 Å². The number of ether oxygens (including phenoxy) is 1. The Morgan fingerprint density at radius 3 is 2.83 bits per heavy atom. The first-order chi connectivity index (χ1) is 11.2. The number of carbonyl (C=O) groups is 1. The van der Waals surface area contributed by atoms with Crippen LogP contribution in [0.5, 0.6) is 5.75 Å². The summed E-state index contributed by atoms with van der Waals surface area (Å²) >= 11 is 0. The van der Waals surface area contributed by atoms with Gasteiger partial charge in [-0.05, 0) is 49.4 Å². The summed E-state index contributed by atoms with van der Waals surface area (Å²) < 4.78 is 10.5. The topological polar surface area (TPSA) is 68.5 Å². The normalized spacial score (nSPS) is 10.5. The summed E-state index contributed by atoms with van der Waals surface area (Å²) in [4.78, 5) is 23.5. The monoisotopic (exact) mass is 309 g/mol. The summed E-state index contributed by atoms with van der Waals surface area (Å²) in [6.45, 7) is 2.43. The standard InChI is InChI=1S/C18H15NO4/c1-2-22-15-5-3-4-13(11-15)18(21)19-14-7-8-16-12(10-14)6-9-17(20)23-16/h3-11H,2H2,1H3,(H,19,21). The summed E-state index contributed by atoms with van der Waals surface area (Å²) in [5.74, 6) is 0.420. The predicted molar refractivity (Wildman–Crippen MR) is 88.0 cm³/mol. The molecule has 0 radical (unpaired) electrons. The summed E-state index contributed by atoms with van der Waals surface area (Å²) in [6.07, 6.45) is 0. The van der Waals surface area contributed by atoms with Crippen LogP contribution in [0.25, 0.3) is 11.0 Å². The van der Waals surface area contributed by atoms with E-state index in [0.29, 0.717) is 29.2 Å². The van der Waals surface area contributed by atoms with Crippen molar-refractivity contribution in [2.24, 2.45) is 0 Å². The Bertz CT molecular complexity index is 914. The van der Waals surface area contributed by atoms with Crippen molar-refractivity contribution in [2.45, 2.75) is 6.92 Å². The first-order valence-corrected chi connectivity index (χ1v) is 7.24. The van der Waals surface area contributed by atoms with E-state index in [-0.39, 0.29) is 5.91 Å². The molecule has 0 bridgehead atoms. The van der Waals surface area contributed by atoms with Gasteiger partial charge in [0.25, 0.3) is 5.91 Å². The Morgan fingerprint density at radius 1 is 1.13 bits per heavy atom. The maximum Gasteiger partial charge on any atom is 0.336 e. The molecular formula is C18H15NO4. The largest absolute Gasteiger partial charge is 0.494 e. The molecule has 0 saturated carbocycles. The van der Waals surface area contributed by atoms with Gasteiger partial charge in [0.15, 0.2) is 0 Å². The SMILES string of the molecule is CCOc1cccc(C(=O)Nc2ccc3oc(=O)ccc3c2)c1. The van der Waals surface area contributed by atoms with Gasteiger partial charge >= 0.3 is 5.63 Å². The first kappa shape index (κ1) is 14.8. The third-order valence-corrected chi connectivity index (χ3v) is 3.28. The van der Waals surface area contributed by atoms with E-state index in [0.717, 1.165) is 5.39 Å². The maximum absolute atomic E-state index is 12.3. The average molecular weight is 309 g/mol. The van der Waals surface area contributed by atoms with Crippen LogP contribution in [0.1, 0.15) is 17.3 Å². The zero-order valence-electron chi connectivity index (χ0n) is 12.5. The zero-order valence-corrected chi connectivity index (χ0v) is 12.5. The number of amides is 1. The van der Waals surface area contributed by atoms with Gasteiger partial charge in [-0.3, -0.25) is 4.79 Å². The van der Waals surface area contributed by atoms with Crippen LogP contribution in [-0.4, -0.2) is 12.5 Å². The van der Waals surface area contributed by atoms with E-state index < -0.39 is 5.63 Å². The lowest BCUT2D eigenvalue weighted by molar-refractivity contribution is 0.102. The van der Waals surface area contributed by atoms with Crippen LogP contribution in [0, 0.1) is 0 Å². The second-order valence-electron chi connectivity index (χ2n) is 4.92. The van der Waals surface area contributed by atoms with Gasteiger partial charge in [-0.1, -0.05) is 6.07 Å². The van der Waals surface area contributed by atoms with Crippen molar-refractivity contribution < 1.29 is 13.9 Å². The fourth-order valence-electron chi connectivity index (χ4n) is 2.25. The van der Waals surface area contributed by atoms with Crippen LogP contribution < -0.4 is 15.7 Å². The number of rotatable bonds is 4. The molecule has 0 aliphatic heterocycles. The molecule has 1 amide bonds. The van der Waals surface area contributed by atoms with E-state index in [4.69, 9.17) is 9.15 Å². The van der Waals surface area contributed by atoms with Crippen LogP contribution >= 0.6 is 0 Å². The number of nitrogens with one attached hydrogen (secondary N) is 1. The Hall–Kier alpha value is -3.08. The van der Waals surface area contributed by atoms with E-state index in [2.05, 4.69) is 5.32 Å². The molecule has 3 rings (SSSR count). The smallest absolute Gasteiger partial charge is 0.336 e. The molecule has 1 N–H and O–H groups in total. The molecule has 0 unspecified atom stereocenters. The van der Waals surface area contributed by atoms with Gasteiger partial charge in [0.05, 0.1) is 6.61 Å². The minimum atomic E-state index is -0.401. The molecule has 0 atom stereocenters. The Balaban J connectivity index is 1.83. The Kier molecular flexibility index (Phi) is 4.10. The van der Waals surface area contributed by atoms with E-state index in [1.165, 1.54) is 6.07 Å². The van der Waals surface area contributed by atoms with Crippen molar-refractivity contribution in [2.75, 3.05) is 11.9 Å². The number of hydrogen-bond donors (Lipinski definition) is 1. The molecule has 1 heterocycles. The molecule has 1 aromatic heterocycles. The summed E-state index contributed by atoms with van der Waals surface area (Å²) in [7, 11) is 0. The van der Waals surface area contributed by atoms with Gasteiger partial charge in [0, 0.05) is 22.7 Å². The van der Waals surface area contributed by atoms with Crippen LogP contribution in [0.3, 0.4) is 0 Å². The number of fused-ring (bicyclic) bond motifs is 1. The number of carbonyl (C=O) groups excluding carboxylic acids is 1. The third-order valence-electron chi connectivity index (χ3n) is 3.28. The van der Waals surface area contributed by atoms with Gasteiger partial charge in [-0.25, -0.2) is 4.79 Å². The summed E-state index contributed by atoms with van der Waals surface area (Å²) in [5, 5.41) is 3.56. The second kappa shape index (κ2) is 6.36. The zero-order chi connectivity index (χ0) is 16.2. The highest BCUT2D eigenvalue weighted by atomic mass is 16.5. The van der Waals surface area contributed by atoms with Crippen LogP contribution in [0.2, 0.25) is 0 Å². The molecule has 3 aromatic rings. The molecule has 0 saturated heterocycles. The lowest BCUT2D eigenvalue weighted by Crippen LogP contribution is -2.12. The van der Waals surface area contributed by atoms with Gasteiger partial charge in [-0.15, -0.1) is 0 Å². The lowest BCUT2D eigenvalue weighted by Gasteiger charge is -2.08. The molecule has 5 nitrogen and oxygen atoms in total. The average Bonchev–Trinajstić information content (AvgIpc) is 2.55. The van der Waals surface area contributed by atoms with E-state index >= 15 is 0 Å². The van der Waals surface area contributed by atoms with Crippen LogP contribution in [0.15, 0.2) is 63.8 Å². The minimum Gasteiger partial charge on any atom is -0.494 e. The van der Waals surface area contributed by atoms with E-state index in [1.54, 1.807) is 48.5 Å². The number of hydrogen-bond acceptors (Lipinski definition) is 4. The van der Waals surface area contributed by atoms with Crippen LogP contribution in [0.4, 0.5) is 5.69 Å². The molecule has 0 spiro atoms. The first-order valence-electron chi connectivity index (χ1n) is 7.24. The molecule has 2 aromatic carbocycles. The molecule has 5 heteroatoms. The van der Waals surface area contributed by atoms with Gasteiger partial charge < -0.3 is 14.5 Å². The highest BCUT2D eigenvalue weighted by Crippen LogP contribution is 2.19. The molecule has 0 aliphatic carbocycles. The van der Waals surface area contributed by atoms with Crippen molar-refractivity contribution in [3.63, 3.8) is 0 Å². The fraction of sp³-hybridized carbons (Fsp3) is 0.111. The number of anilines is 1. The second-order valence-corrected chi connectivity index (χ2v) is 4.92. The molecule has 116 valence electrons. The Labute approximate surface area is 132 Å². The predicted octanol–water partition coefficient (Wildman–Crippen LogP) is 3.44. The third kappa shape index (κ3) is 3.40. The fourth-order valence-corrected chi connectivity index (χ4v) is 2.25. The van der Waals surface area contributed by atoms with Crippen molar-refractivity contribution >= 4 is 22.6 Å². The van der Waals surface area contributed by atoms with Crippen molar-refractivity contribution in [1.82, 2.24) is 0 Å². The lowest BCUT2D eigenvalue weighted by atomic mass is 10.1. The summed E-state index contributed by atoms with van der Waals surface area (Å²) in [5.41, 5.74) is 1.21. The van der Waals surface area contributed by atoms with Crippen molar-refractivity contribution in [3.05, 3.63) is 70.6 Å². The van der Waals surface area contributed by atoms with E-state index in [1.807, 2.05) is 6.92 Å². The number of benzene rings is 2. The molecule has 0 aliphatic rings. The highest BCUT2D eigenvalue weighted by Gasteiger charge is 2.08. The van der Waals surface area contributed by atoms with E-state index in [9.17, 15) is 9.59 Å². The minimum absolute atomic E-state index is 0.233. The highest BCUT2D eigenvalue weighted by molar-refractivity contribution is 6.05. The quantitative estimate of drug-likeness (QED) is 0.750. The van der Waals surface area contributed by atoms with Crippen molar-refractivity contribution in [1.29, 1.82) is 0 Å². The van der Waals surface area contributed by atoms with Crippen molar-refractivity contribution in [3.8, 4) is 5.75 Å². The Morgan fingerprint density at radius 2 is 2.00 bits per heavy atom. The maximum atomic E-state index is 12.3. The molecular weight excluding hydrogens is 294 g/mol. The van der Waals surface area contributed by atoms with Gasteiger partial charge in [0.1, 0.15) is 11.3 Å². The van der Waals surface area contributed by atoms with Crippen LogP contribution in [-0.2, 0) is 0 Å². The molecule has 0 fully saturated rings. The summed E-state index contributed by atoms with van der Waals surface area (Å²) in [6, 6.07) is 15.1. The van der Waals surface area contributed by atoms with Gasteiger partial charge in [0.2, 0.25) is 0 Å². The molecule has 23 heavy (non-hydrogen) atoms.